The molecule has 1 heterocycles. The van der Waals surface area contributed by atoms with Crippen molar-refractivity contribution >= 4 is 11.6 Å². The van der Waals surface area contributed by atoms with Crippen molar-refractivity contribution in [2.75, 3.05) is 0 Å². The molecule has 0 bridgehead atoms. The number of nitrogens with one attached hydrogen (secondary N) is 1. The van der Waals surface area contributed by atoms with Gasteiger partial charge in [-0.15, -0.1) is 0 Å². The summed E-state index contributed by atoms with van der Waals surface area (Å²) in [4.78, 5) is 0. The number of rotatable bonds is 2. The quantitative estimate of drug-likeness (QED) is 0.788. The number of aromatic amines is 1. The van der Waals surface area contributed by atoms with Crippen LogP contribution < -0.4 is 5.73 Å². The molecule has 0 unspecified atom stereocenters. The van der Waals surface area contributed by atoms with Gasteiger partial charge in [0.1, 0.15) is 11.4 Å². The number of H-pyrrole nitrogens is 1. The molecule has 4 nitrogen and oxygen atoms in total. The number of nitrogens with two attached hydrogens (primary N) is 1. The van der Waals surface area contributed by atoms with Crippen LogP contribution in [0.25, 0.3) is 11.3 Å². The Morgan fingerprint density at radius 3 is 2.93 bits per heavy atom. The second kappa shape index (κ2) is 3.77. The zero-order valence-electron chi connectivity index (χ0n) is 7.37. The van der Waals surface area contributed by atoms with E-state index >= 15 is 0 Å². The summed E-state index contributed by atoms with van der Waals surface area (Å²) < 4.78 is 0. The molecular formula is C9H9ClN4. The number of halogens is 1. The van der Waals surface area contributed by atoms with E-state index < -0.39 is 0 Å². The number of aromatic nitrogens is 3. The highest BCUT2D eigenvalue weighted by molar-refractivity contribution is 6.30. The Hall–Kier alpha value is -1.39. The Bertz CT molecular complexity index is 438. The zero-order chi connectivity index (χ0) is 9.97. The highest BCUT2D eigenvalue weighted by Crippen LogP contribution is 2.22. The molecule has 2 rings (SSSR count). The van der Waals surface area contributed by atoms with Crippen molar-refractivity contribution in [2.45, 2.75) is 6.54 Å². The van der Waals surface area contributed by atoms with Crippen LogP contribution in [0.3, 0.4) is 0 Å². The van der Waals surface area contributed by atoms with Crippen LogP contribution in [0.1, 0.15) is 5.69 Å². The van der Waals surface area contributed by atoms with Crippen molar-refractivity contribution < 1.29 is 0 Å². The summed E-state index contributed by atoms with van der Waals surface area (Å²) in [5, 5.41) is 11.2. The predicted molar refractivity (Wildman–Crippen MR) is 54.7 cm³/mol. The van der Waals surface area contributed by atoms with Gasteiger partial charge in [0.2, 0.25) is 0 Å². The summed E-state index contributed by atoms with van der Waals surface area (Å²) in [5.74, 6) is 0. The molecule has 0 aliphatic heterocycles. The van der Waals surface area contributed by atoms with Crippen LogP contribution in [-0.4, -0.2) is 15.4 Å². The molecule has 5 heteroatoms. The van der Waals surface area contributed by atoms with E-state index in [-0.39, 0.29) is 0 Å². The predicted octanol–water partition coefficient (Wildman–Crippen LogP) is 1.58. The van der Waals surface area contributed by atoms with Gasteiger partial charge in [0.25, 0.3) is 0 Å². The normalized spacial score (nSPS) is 10.4. The van der Waals surface area contributed by atoms with Crippen molar-refractivity contribution in [3.8, 4) is 11.3 Å². The first-order chi connectivity index (χ1) is 6.81. The van der Waals surface area contributed by atoms with E-state index in [0.717, 1.165) is 17.0 Å². The summed E-state index contributed by atoms with van der Waals surface area (Å²) in [6, 6.07) is 7.43. The average molecular weight is 209 g/mol. The largest absolute Gasteiger partial charge is 0.325 e. The highest BCUT2D eigenvalue weighted by atomic mass is 35.5. The van der Waals surface area contributed by atoms with E-state index in [1.165, 1.54) is 0 Å². The fourth-order valence-electron chi connectivity index (χ4n) is 1.26. The SMILES string of the molecule is NCc1n[nH]nc1-c1cccc(Cl)c1. The van der Waals surface area contributed by atoms with Crippen LogP contribution in [0.4, 0.5) is 0 Å². The van der Waals surface area contributed by atoms with E-state index in [9.17, 15) is 0 Å². The summed E-state index contributed by atoms with van der Waals surface area (Å²) in [6.45, 7) is 0.359. The summed E-state index contributed by atoms with van der Waals surface area (Å²) >= 11 is 5.87. The minimum atomic E-state index is 0.359. The summed E-state index contributed by atoms with van der Waals surface area (Å²) in [7, 11) is 0. The molecule has 1 aromatic carbocycles. The molecule has 2 aromatic rings. The van der Waals surface area contributed by atoms with Gasteiger partial charge < -0.3 is 5.73 Å². The van der Waals surface area contributed by atoms with Gasteiger partial charge in [0.15, 0.2) is 0 Å². The summed E-state index contributed by atoms with van der Waals surface area (Å²) in [5.41, 5.74) is 7.94. The van der Waals surface area contributed by atoms with E-state index in [1.807, 2.05) is 24.3 Å². The van der Waals surface area contributed by atoms with Crippen LogP contribution in [0.2, 0.25) is 5.02 Å². The molecule has 0 fully saturated rings. The minimum absolute atomic E-state index is 0.359. The zero-order valence-corrected chi connectivity index (χ0v) is 8.12. The van der Waals surface area contributed by atoms with Gasteiger partial charge in [-0.2, -0.15) is 15.4 Å². The number of benzene rings is 1. The Morgan fingerprint density at radius 2 is 2.21 bits per heavy atom. The molecule has 0 aliphatic rings. The maximum absolute atomic E-state index is 5.87. The molecule has 0 saturated heterocycles. The fraction of sp³-hybridized carbons (Fsp3) is 0.111. The number of hydrogen-bond donors (Lipinski definition) is 2. The van der Waals surface area contributed by atoms with Crippen molar-refractivity contribution in [2.24, 2.45) is 5.73 Å². The molecule has 0 aliphatic carbocycles. The molecule has 0 saturated carbocycles. The van der Waals surface area contributed by atoms with Crippen LogP contribution in [0.15, 0.2) is 24.3 Å². The van der Waals surface area contributed by atoms with Gasteiger partial charge in [-0.3, -0.25) is 0 Å². The van der Waals surface area contributed by atoms with Gasteiger partial charge >= 0.3 is 0 Å². The van der Waals surface area contributed by atoms with Crippen molar-refractivity contribution in [1.82, 2.24) is 15.4 Å². The van der Waals surface area contributed by atoms with Crippen molar-refractivity contribution in [3.05, 3.63) is 35.0 Å². The van der Waals surface area contributed by atoms with Crippen LogP contribution in [0.5, 0.6) is 0 Å². The second-order valence-corrected chi connectivity index (χ2v) is 3.27. The lowest BCUT2D eigenvalue weighted by Gasteiger charge is -1.98. The van der Waals surface area contributed by atoms with E-state index in [4.69, 9.17) is 17.3 Å². The van der Waals surface area contributed by atoms with Crippen LogP contribution in [-0.2, 0) is 6.54 Å². The maximum Gasteiger partial charge on any atom is 0.117 e. The highest BCUT2D eigenvalue weighted by Gasteiger charge is 2.08. The molecule has 3 N–H and O–H groups in total. The van der Waals surface area contributed by atoms with Crippen molar-refractivity contribution in [3.63, 3.8) is 0 Å². The standard InChI is InChI=1S/C9H9ClN4/c10-7-3-1-2-6(4-7)9-8(5-11)12-14-13-9/h1-4H,5,11H2,(H,12,13,14). The van der Waals surface area contributed by atoms with Gasteiger partial charge in [-0.05, 0) is 12.1 Å². The number of nitrogens with zero attached hydrogens (tertiary/aromatic N) is 2. The van der Waals surface area contributed by atoms with E-state index in [1.54, 1.807) is 0 Å². The van der Waals surface area contributed by atoms with E-state index in [2.05, 4.69) is 15.4 Å². The molecule has 72 valence electrons. The van der Waals surface area contributed by atoms with E-state index in [0.29, 0.717) is 11.6 Å². The lowest BCUT2D eigenvalue weighted by atomic mass is 10.1. The lowest BCUT2D eigenvalue weighted by molar-refractivity contribution is 0.898. The molecule has 0 radical (unpaired) electrons. The minimum Gasteiger partial charge on any atom is -0.325 e. The first-order valence-electron chi connectivity index (χ1n) is 4.17. The first-order valence-corrected chi connectivity index (χ1v) is 4.54. The Labute approximate surface area is 86.1 Å². The molecule has 0 spiro atoms. The molecule has 0 atom stereocenters. The third-order valence-electron chi connectivity index (χ3n) is 1.91. The van der Waals surface area contributed by atoms with Gasteiger partial charge in [0.05, 0.1) is 0 Å². The monoisotopic (exact) mass is 208 g/mol. The smallest absolute Gasteiger partial charge is 0.117 e. The topological polar surface area (TPSA) is 67.6 Å². The Balaban J connectivity index is 2.49. The summed E-state index contributed by atoms with van der Waals surface area (Å²) in [6.07, 6.45) is 0. The Morgan fingerprint density at radius 1 is 1.36 bits per heavy atom. The number of hydrogen-bond acceptors (Lipinski definition) is 3. The average Bonchev–Trinajstić information content (AvgIpc) is 2.65. The van der Waals surface area contributed by atoms with Crippen LogP contribution >= 0.6 is 11.6 Å². The van der Waals surface area contributed by atoms with Crippen LogP contribution in [0, 0.1) is 0 Å². The van der Waals surface area contributed by atoms with Gasteiger partial charge in [0, 0.05) is 17.1 Å². The molecule has 0 amide bonds. The maximum atomic E-state index is 5.87. The fourth-order valence-corrected chi connectivity index (χ4v) is 1.45. The van der Waals surface area contributed by atoms with Gasteiger partial charge in [-0.1, -0.05) is 23.7 Å². The lowest BCUT2D eigenvalue weighted by Crippen LogP contribution is -1.98. The first kappa shape index (κ1) is 9.18. The molecule has 14 heavy (non-hydrogen) atoms. The van der Waals surface area contributed by atoms with Gasteiger partial charge in [-0.25, -0.2) is 0 Å². The Kier molecular flexibility index (Phi) is 2.47. The molecular weight excluding hydrogens is 200 g/mol. The third-order valence-corrected chi connectivity index (χ3v) is 2.15. The van der Waals surface area contributed by atoms with Crippen molar-refractivity contribution in [1.29, 1.82) is 0 Å². The second-order valence-electron chi connectivity index (χ2n) is 2.83. The third kappa shape index (κ3) is 1.62. The molecule has 1 aromatic heterocycles.